The van der Waals surface area contributed by atoms with Crippen LogP contribution in [0.2, 0.25) is 0 Å². The Kier molecular flexibility index (Phi) is 6.08. The lowest BCUT2D eigenvalue weighted by Crippen LogP contribution is -2.51. The molecule has 0 saturated carbocycles. The maximum Gasteiger partial charge on any atom is 0.250 e. The Labute approximate surface area is 186 Å². The van der Waals surface area contributed by atoms with Gasteiger partial charge in [-0.15, -0.1) is 0 Å². The highest BCUT2D eigenvalue weighted by atomic mass is 32.1. The van der Waals surface area contributed by atoms with E-state index in [0.29, 0.717) is 42.1 Å². The van der Waals surface area contributed by atoms with E-state index in [1.165, 1.54) is 0 Å². The van der Waals surface area contributed by atoms with E-state index in [2.05, 4.69) is 9.88 Å². The van der Waals surface area contributed by atoms with Crippen molar-refractivity contribution in [2.24, 2.45) is 0 Å². The fraction of sp³-hybridized carbons (Fsp3) is 0.217. The van der Waals surface area contributed by atoms with E-state index in [1.807, 2.05) is 53.4 Å². The standard InChI is InChI=1S/C23H24N6OS/c24-16-18-19(25)9-11-29(23(18)31)21(17-6-2-1-3-7-17)22(30)28-14-12-27(13-15-28)20-8-4-5-10-26-20/h1-11,16,21,24H,12-15,25H2. The molecule has 1 fully saturated rings. The predicted octanol–water partition coefficient (Wildman–Crippen LogP) is 3.13. The minimum absolute atomic E-state index is 0.0244. The number of nitrogens with two attached hydrogens (primary N) is 1. The first-order valence-corrected chi connectivity index (χ1v) is 10.5. The van der Waals surface area contributed by atoms with Crippen LogP contribution in [0, 0.1) is 10.0 Å². The smallest absolute Gasteiger partial charge is 0.250 e. The number of pyridine rings is 2. The summed E-state index contributed by atoms with van der Waals surface area (Å²) in [7, 11) is 0. The van der Waals surface area contributed by atoms with Crippen molar-refractivity contribution in [2.75, 3.05) is 36.8 Å². The fourth-order valence-corrected chi connectivity index (χ4v) is 4.20. The number of nitrogen functional groups attached to an aromatic ring is 1. The Morgan fingerprint density at radius 1 is 1.06 bits per heavy atom. The van der Waals surface area contributed by atoms with Gasteiger partial charge in [0.05, 0.1) is 5.56 Å². The van der Waals surface area contributed by atoms with Crippen molar-refractivity contribution in [3.05, 3.63) is 82.8 Å². The molecule has 7 nitrogen and oxygen atoms in total. The van der Waals surface area contributed by atoms with Gasteiger partial charge in [0.2, 0.25) is 5.91 Å². The average Bonchev–Trinajstić information content (AvgIpc) is 2.82. The van der Waals surface area contributed by atoms with Crippen LogP contribution in [0.4, 0.5) is 11.5 Å². The van der Waals surface area contributed by atoms with Crippen molar-refractivity contribution in [3.63, 3.8) is 0 Å². The summed E-state index contributed by atoms with van der Waals surface area (Å²) < 4.78 is 2.12. The van der Waals surface area contributed by atoms with Crippen LogP contribution in [0.25, 0.3) is 0 Å². The second kappa shape index (κ2) is 9.09. The van der Waals surface area contributed by atoms with Crippen molar-refractivity contribution in [1.29, 1.82) is 5.41 Å². The van der Waals surface area contributed by atoms with Crippen LogP contribution in [0.15, 0.2) is 67.0 Å². The third-order valence-corrected chi connectivity index (χ3v) is 5.96. The summed E-state index contributed by atoms with van der Waals surface area (Å²) in [5.74, 6) is 0.897. The third-order valence-electron chi connectivity index (χ3n) is 5.53. The molecule has 158 valence electrons. The summed E-state index contributed by atoms with van der Waals surface area (Å²) in [6.07, 6.45) is 4.67. The number of piperazine rings is 1. The van der Waals surface area contributed by atoms with E-state index in [9.17, 15) is 4.79 Å². The number of hydrogen-bond acceptors (Lipinski definition) is 6. The van der Waals surface area contributed by atoms with Gasteiger partial charge in [0.1, 0.15) is 16.5 Å². The van der Waals surface area contributed by atoms with Gasteiger partial charge in [0, 0.05) is 50.5 Å². The second-order valence-corrected chi connectivity index (χ2v) is 7.74. The van der Waals surface area contributed by atoms with Crippen molar-refractivity contribution < 1.29 is 4.79 Å². The SMILES string of the molecule is N=Cc1c(N)ccn(C(C(=O)N2CCN(c3ccccn3)CC2)c2ccccc2)c1=S. The maximum atomic E-state index is 13.7. The highest BCUT2D eigenvalue weighted by molar-refractivity contribution is 7.71. The number of carbonyl (C=O) groups excluding carboxylic acids is 1. The number of benzene rings is 1. The number of rotatable bonds is 5. The van der Waals surface area contributed by atoms with Gasteiger partial charge in [-0.3, -0.25) is 4.79 Å². The molecule has 1 unspecified atom stereocenters. The highest BCUT2D eigenvalue weighted by Gasteiger charge is 2.30. The molecule has 0 spiro atoms. The lowest BCUT2D eigenvalue weighted by Gasteiger charge is -2.37. The largest absolute Gasteiger partial charge is 0.398 e. The Morgan fingerprint density at radius 2 is 1.77 bits per heavy atom. The molecule has 3 N–H and O–H groups in total. The first-order chi connectivity index (χ1) is 15.1. The van der Waals surface area contributed by atoms with Crippen LogP contribution in [0.3, 0.4) is 0 Å². The third kappa shape index (κ3) is 4.20. The lowest BCUT2D eigenvalue weighted by atomic mass is 10.0. The van der Waals surface area contributed by atoms with E-state index in [-0.39, 0.29) is 5.91 Å². The number of hydrogen-bond donors (Lipinski definition) is 2. The maximum absolute atomic E-state index is 13.7. The molecular weight excluding hydrogens is 408 g/mol. The number of amides is 1. The Morgan fingerprint density at radius 3 is 2.42 bits per heavy atom. The molecule has 0 bridgehead atoms. The van der Waals surface area contributed by atoms with Crippen LogP contribution in [0.1, 0.15) is 17.2 Å². The van der Waals surface area contributed by atoms with E-state index < -0.39 is 6.04 Å². The molecular formula is C23H24N6OS. The van der Waals surface area contributed by atoms with Crippen LogP contribution in [-0.4, -0.2) is 52.8 Å². The van der Waals surface area contributed by atoms with Gasteiger partial charge in [0.25, 0.3) is 0 Å². The van der Waals surface area contributed by atoms with E-state index in [4.69, 9.17) is 23.4 Å². The van der Waals surface area contributed by atoms with Gasteiger partial charge in [-0.05, 0) is 23.8 Å². The van der Waals surface area contributed by atoms with Crippen molar-refractivity contribution >= 4 is 35.8 Å². The number of aromatic nitrogens is 2. The molecule has 4 rings (SSSR count). The zero-order valence-electron chi connectivity index (χ0n) is 17.0. The van der Waals surface area contributed by atoms with E-state index >= 15 is 0 Å². The van der Waals surface area contributed by atoms with Gasteiger partial charge in [-0.25, -0.2) is 4.98 Å². The summed E-state index contributed by atoms with van der Waals surface area (Å²) >= 11 is 5.60. The molecule has 0 radical (unpaired) electrons. The first-order valence-electron chi connectivity index (χ1n) is 10.1. The number of carbonyl (C=O) groups is 1. The summed E-state index contributed by atoms with van der Waals surface area (Å²) in [5.41, 5.74) is 7.72. The Hall–Kier alpha value is -3.52. The molecule has 8 heteroatoms. The molecule has 2 aromatic heterocycles. The van der Waals surface area contributed by atoms with E-state index in [1.54, 1.807) is 23.0 Å². The van der Waals surface area contributed by atoms with Gasteiger partial charge >= 0.3 is 0 Å². The second-order valence-electron chi connectivity index (χ2n) is 7.36. The molecule has 1 amide bonds. The molecule has 1 aromatic carbocycles. The molecule has 3 heterocycles. The number of nitrogens with zero attached hydrogens (tertiary/aromatic N) is 4. The number of anilines is 2. The summed E-state index contributed by atoms with van der Waals surface area (Å²) in [6.45, 7) is 2.61. The number of nitrogens with one attached hydrogen (secondary N) is 1. The van der Waals surface area contributed by atoms with Gasteiger partial charge in [-0.1, -0.05) is 48.6 Å². The zero-order valence-corrected chi connectivity index (χ0v) is 17.8. The predicted molar refractivity (Wildman–Crippen MR) is 125 cm³/mol. The van der Waals surface area contributed by atoms with Gasteiger partial charge < -0.3 is 25.5 Å². The van der Waals surface area contributed by atoms with Crippen molar-refractivity contribution in [3.8, 4) is 0 Å². The van der Waals surface area contributed by atoms with E-state index in [0.717, 1.165) is 17.6 Å². The molecule has 1 aliphatic rings. The summed E-state index contributed by atoms with van der Waals surface area (Å²) in [6, 6.07) is 16.5. The zero-order chi connectivity index (χ0) is 21.8. The normalized spacial score (nSPS) is 14.8. The van der Waals surface area contributed by atoms with Crippen molar-refractivity contribution in [1.82, 2.24) is 14.5 Å². The van der Waals surface area contributed by atoms with Crippen molar-refractivity contribution in [2.45, 2.75) is 6.04 Å². The van der Waals surface area contributed by atoms with Crippen LogP contribution in [-0.2, 0) is 4.79 Å². The minimum Gasteiger partial charge on any atom is -0.398 e. The monoisotopic (exact) mass is 432 g/mol. The summed E-state index contributed by atoms with van der Waals surface area (Å²) in [5, 5.41) is 7.68. The molecule has 1 saturated heterocycles. The quantitative estimate of drug-likeness (QED) is 0.477. The molecule has 3 aromatic rings. The Balaban J connectivity index is 1.64. The van der Waals surface area contributed by atoms with Crippen LogP contribution < -0.4 is 10.6 Å². The average molecular weight is 433 g/mol. The lowest BCUT2D eigenvalue weighted by molar-refractivity contribution is -0.133. The molecule has 1 atom stereocenters. The Bertz CT molecular complexity index is 1120. The van der Waals surface area contributed by atoms with Gasteiger partial charge in [-0.2, -0.15) is 0 Å². The minimum atomic E-state index is -0.616. The van der Waals surface area contributed by atoms with Crippen LogP contribution in [0.5, 0.6) is 0 Å². The topological polar surface area (TPSA) is 91.2 Å². The van der Waals surface area contributed by atoms with Gasteiger partial charge in [0.15, 0.2) is 0 Å². The fourth-order valence-electron chi connectivity index (χ4n) is 3.86. The summed E-state index contributed by atoms with van der Waals surface area (Å²) in [4.78, 5) is 22.2. The molecule has 1 aliphatic heterocycles. The molecule has 0 aliphatic carbocycles. The highest BCUT2D eigenvalue weighted by Crippen LogP contribution is 2.25. The first kappa shape index (κ1) is 20.7. The molecule has 31 heavy (non-hydrogen) atoms. The van der Waals surface area contributed by atoms with Crippen LogP contribution >= 0.6 is 12.2 Å².